The summed E-state index contributed by atoms with van der Waals surface area (Å²) in [6, 6.07) is 18.2. The van der Waals surface area contributed by atoms with Crippen molar-refractivity contribution in [2.75, 3.05) is 6.54 Å². The Morgan fingerprint density at radius 1 is 1.07 bits per heavy atom. The molecule has 0 aliphatic carbocycles. The zero-order valence-corrected chi connectivity index (χ0v) is 16.8. The third kappa shape index (κ3) is 5.01. The summed E-state index contributed by atoms with van der Waals surface area (Å²) in [5, 5.41) is 7.42. The van der Waals surface area contributed by atoms with Gasteiger partial charge in [0, 0.05) is 35.5 Å². The van der Waals surface area contributed by atoms with Crippen molar-refractivity contribution >= 4 is 17.7 Å². The van der Waals surface area contributed by atoms with Gasteiger partial charge in [-0.25, -0.2) is 0 Å². The van der Waals surface area contributed by atoms with Crippen LogP contribution in [0.15, 0.2) is 59.5 Å². The van der Waals surface area contributed by atoms with Crippen LogP contribution in [0.2, 0.25) is 0 Å². The van der Waals surface area contributed by atoms with Crippen LogP contribution in [-0.2, 0) is 19.2 Å². The monoisotopic (exact) mass is 379 g/mol. The molecule has 3 rings (SSSR count). The van der Waals surface area contributed by atoms with Crippen LogP contribution in [0.3, 0.4) is 0 Å². The van der Waals surface area contributed by atoms with Crippen molar-refractivity contribution in [1.29, 1.82) is 0 Å². The summed E-state index contributed by atoms with van der Waals surface area (Å²) in [5.41, 5.74) is 5.39. The van der Waals surface area contributed by atoms with Crippen LogP contribution in [0.25, 0.3) is 0 Å². The summed E-state index contributed by atoms with van der Waals surface area (Å²) in [6.07, 6.45) is 0.794. The van der Waals surface area contributed by atoms with Gasteiger partial charge in [-0.3, -0.25) is 9.48 Å². The Balaban J connectivity index is 1.50. The highest BCUT2D eigenvalue weighted by Gasteiger charge is 2.10. The smallest absolute Gasteiger partial charge is 0.251 e. The molecular weight excluding hydrogens is 354 g/mol. The molecule has 0 saturated carbocycles. The van der Waals surface area contributed by atoms with Gasteiger partial charge in [-0.1, -0.05) is 30.3 Å². The van der Waals surface area contributed by atoms with Crippen molar-refractivity contribution in [3.05, 3.63) is 82.7 Å². The van der Waals surface area contributed by atoms with Crippen molar-refractivity contribution in [1.82, 2.24) is 15.1 Å². The fourth-order valence-electron chi connectivity index (χ4n) is 3.03. The van der Waals surface area contributed by atoms with Gasteiger partial charge in [0.25, 0.3) is 5.91 Å². The standard InChI is InChI=1S/C22H25N3OS/c1-16-21(17(2)25(3)24-16)13-14-23-22(26)19-9-11-20(12-10-19)27-15-18-7-5-4-6-8-18/h4-12H,13-15H2,1-3H3,(H,23,26). The van der Waals surface area contributed by atoms with E-state index in [2.05, 4.69) is 41.6 Å². The average molecular weight is 380 g/mol. The maximum absolute atomic E-state index is 12.4. The number of rotatable bonds is 7. The van der Waals surface area contributed by atoms with Gasteiger partial charge in [-0.2, -0.15) is 5.10 Å². The molecule has 3 aromatic rings. The van der Waals surface area contributed by atoms with E-state index >= 15 is 0 Å². The molecule has 27 heavy (non-hydrogen) atoms. The number of carbonyl (C=O) groups is 1. The van der Waals surface area contributed by atoms with E-state index in [1.165, 1.54) is 11.1 Å². The first-order chi connectivity index (χ1) is 13.0. The summed E-state index contributed by atoms with van der Waals surface area (Å²) in [7, 11) is 1.95. The van der Waals surface area contributed by atoms with E-state index in [0.29, 0.717) is 12.1 Å². The van der Waals surface area contributed by atoms with Crippen molar-refractivity contribution in [3.8, 4) is 0 Å². The molecule has 0 unspecified atom stereocenters. The second kappa shape index (κ2) is 8.91. The molecule has 1 amide bonds. The molecule has 0 spiro atoms. The normalized spacial score (nSPS) is 10.8. The van der Waals surface area contributed by atoms with Gasteiger partial charge in [0.1, 0.15) is 0 Å². The zero-order chi connectivity index (χ0) is 19.2. The summed E-state index contributed by atoms with van der Waals surface area (Å²) < 4.78 is 1.89. The van der Waals surface area contributed by atoms with Gasteiger partial charge in [-0.15, -0.1) is 11.8 Å². The largest absolute Gasteiger partial charge is 0.352 e. The van der Waals surface area contributed by atoms with Gasteiger partial charge in [0.15, 0.2) is 0 Å². The SMILES string of the molecule is Cc1nn(C)c(C)c1CCNC(=O)c1ccc(SCc2ccccc2)cc1. The molecule has 1 heterocycles. The molecule has 2 aromatic carbocycles. The van der Waals surface area contributed by atoms with Gasteiger partial charge >= 0.3 is 0 Å². The Labute approximate surface area is 165 Å². The van der Waals surface area contributed by atoms with Gasteiger partial charge in [0.05, 0.1) is 5.69 Å². The number of nitrogens with zero attached hydrogens (tertiary/aromatic N) is 2. The molecule has 0 aliphatic rings. The lowest BCUT2D eigenvalue weighted by Gasteiger charge is -2.07. The molecule has 0 fully saturated rings. The number of carbonyl (C=O) groups excluding carboxylic acids is 1. The third-order valence-electron chi connectivity index (χ3n) is 4.68. The molecule has 0 saturated heterocycles. The molecule has 0 radical (unpaired) electrons. The number of nitrogens with one attached hydrogen (secondary N) is 1. The molecule has 5 heteroatoms. The van der Waals surface area contributed by atoms with Gasteiger partial charge in [0.2, 0.25) is 0 Å². The summed E-state index contributed by atoms with van der Waals surface area (Å²) in [5.74, 6) is 0.893. The minimum Gasteiger partial charge on any atom is -0.352 e. The highest BCUT2D eigenvalue weighted by molar-refractivity contribution is 7.98. The van der Waals surface area contributed by atoms with Crippen LogP contribution >= 0.6 is 11.8 Å². The molecule has 0 bridgehead atoms. The Morgan fingerprint density at radius 3 is 2.41 bits per heavy atom. The number of amides is 1. The number of benzene rings is 2. The second-order valence-electron chi connectivity index (χ2n) is 6.58. The van der Waals surface area contributed by atoms with Crippen molar-refractivity contribution in [3.63, 3.8) is 0 Å². The van der Waals surface area contributed by atoms with Crippen LogP contribution < -0.4 is 5.32 Å². The first-order valence-electron chi connectivity index (χ1n) is 9.08. The van der Waals surface area contributed by atoms with Gasteiger partial charge in [-0.05, 0) is 55.7 Å². The predicted octanol–water partition coefficient (Wildman–Crippen LogP) is 4.30. The Morgan fingerprint density at radius 2 is 1.78 bits per heavy atom. The molecule has 0 aliphatic heterocycles. The number of thioether (sulfide) groups is 1. The van der Waals surface area contributed by atoms with Crippen LogP contribution in [0.4, 0.5) is 0 Å². The summed E-state index contributed by atoms with van der Waals surface area (Å²) in [6.45, 7) is 4.68. The maximum atomic E-state index is 12.4. The number of hydrogen-bond acceptors (Lipinski definition) is 3. The van der Waals surface area contributed by atoms with E-state index in [0.717, 1.165) is 28.5 Å². The van der Waals surface area contributed by atoms with Crippen LogP contribution in [-0.4, -0.2) is 22.2 Å². The highest BCUT2D eigenvalue weighted by Crippen LogP contribution is 2.23. The zero-order valence-electron chi connectivity index (χ0n) is 16.0. The van der Waals surface area contributed by atoms with Crippen LogP contribution in [0.1, 0.15) is 32.9 Å². The van der Waals surface area contributed by atoms with E-state index in [-0.39, 0.29) is 5.91 Å². The molecule has 1 aromatic heterocycles. The molecule has 140 valence electrons. The first-order valence-corrected chi connectivity index (χ1v) is 10.1. The predicted molar refractivity (Wildman–Crippen MR) is 111 cm³/mol. The number of aryl methyl sites for hydroxylation is 2. The molecule has 0 atom stereocenters. The highest BCUT2D eigenvalue weighted by atomic mass is 32.2. The molecule has 1 N–H and O–H groups in total. The van der Waals surface area contributed by atoms with Gasteiger partial charge < -0.3 is 5.32 Å². The summed E-state index contributed by atoms with van der Waals surface area (Å²) >= 11 is 1.77. The van der Waals surface area contributed by atoms with Crippen molar-refractivity contribution in [2.45, 2.75) is 30.9 Å². The van der Waals surface area contributed by atoms with E-state index in [9.17, 15) is 4.79 Å². The quantitative estimate of drug-likeness (QED) is 0.623. The lowest BCUT2D eigenvalue weighted by Crippen LogP contribution is -2.25. The molecule has 4 nitrogen and oxygen atoms in total. The first kappa shape index (κ1) is 19.2. The van der Waals surface area contributed by atoms with Crippen LogP contribution in [0, 0.1) is 13.8 Å². The summed E-state index contributed by atoms with van der Waals surface area (Å²) in [4.78, 5) is 13.5. The Bertz CT molecular complexity index is 901. The van der Waals surface area contributed by atoms with E-state index in [1.807, 2.05) is 49.0 Å². The number of aromatic nitrogens is 2. The van der Waals surface area contributed by atoms with Crippen LogP contribution in [0.5, 0.6) is 0 Å². The average Bonchev–Trinajstić information content (AvgIpc) is 2.93. The topological polar surface area (TPSA) is 46.9 Å². The lowest BCUT2D eigenvalue weighted by molar-refractivity contribution is 0.0954. The van der Waals surface area contributed by atoms with Crippen molar-refractivity contribution < 1.29 is 4.79 Å². The minimum absolute atomic E-state index is 0.0335. The fraction of sp³-hybridized carbons (Fsp3) is 0.273. The number of hydrogen-bond donors (Lipinski definition) is 1. The van der Waals surface area contributed by atoms with E-state index < -0.39 is 0 Å². The fourth-order valence-corrected chi connectivity index (χ4v) is 3.88. The maximum Gasteiger partial charge on any atom is 0.251 e. The Hall–Kier alpha value is -2.53. The van der Waals surface area contributed by atoms with Crippen molar-refractivity contribution in [2.24, 2.45) is 7.05 Å². The third-order valence-corrected chi connectivity index (χ3v) is 5.77. The second-order valence-corrected chi connectivity index (χ2v) is 7.63. The molecular formula is C22H25N3OS. The minimum atomic E-state index is -0.0335. The van der Waals surface area contributed by atoms with E-state index in [4.69, 9.17) is 0 Å². The lowest BCUT2D eigenvalue weighted by atomic mass is 10.1. The Kier molecular flexibility index (Phi) is 6.35. The van der Waals surface area contributed by atoms with E-state index in [1.54, 1.807) is 11.8 Å².